The maximum atomic E-state index is 10.5. The van der Waals surface area contributed by atoms with E-state index in [2.05, 4.69) is 23.9 Å². The van der Waals surface area contributed by atoms with Crippen molar-refractivity contribution in [2.24, 2.45) is 5.41 Å². The van der Waals surface area contributed by atoms with Crippen molar-refractivity contribution in [3.05, 3.63) is 12.2 Å². The van der Waals surface area contributed by atoms with Gasteiger partial charge in [-0.1, -0.05) is 13.8 Å². The molecule has 2 rings (SSSR count). The van der Waals surface area contributed by atoms with E-state index in [-0.39, 0.29) is 5.41 Å². The number of aliphatic hydroxyl groups is 1. The van der Waals surface area contributed by atoms with E-state index in [1.165, 1.54) is 0 Å². The summed E-state index contributed by atoms with van der Waals surface area (Å²) < 4.78 is 1.90. The van der Waals surface area contributed by atoms with E-state index in [1.807, 2.05) is 11.6 Å². The van der Waals surface area contributed by atoms with Crippen LogP contribution in [0.2, 0.25) is 0 Å². The lowest BCUT2D eigenvalue weighted by Crippen LogP contribution is -2.37. The fourth-order valence-electron chi connectivity index (χ4n) is 2.07. The van der Waals surface area contributed by atoms with E-state index in [9.17, 15) is 5.11 Å². The second-order valence-corrected chi connectivity index (χ2v) is 5.41. The monoisotopic (exact) mass is 223 g/mol. The molecule has 1 aliphatic carbocycles. The van der Waals surface area contributed by atoms with Crippen molar-refractivity contribution in [2.45, 2.75) is 58.6 Å². The van der Waals surface area contributed by atoms with Gasteiger partial charge in [-0.3, -0.25) is 4.68 Å². The third-order valence-corrected chi connectivity index (χ3v) is 3.93. The summed E-state index contributed by atoms with van der Waals surface area (Å²) in [5.74, 6) is 0.903. The molecule has 0 spiro atoms. The van der Waals surface area contributed by atoms with Gasteiger partial charge in [-0.05, 0) is 31.6 Å². The highest BCUT2D eigenvalue weighted by Gasteiger charge is 2.52. The fourth-order valence-corrected chi connectivity index (χ4v) is 2.07. The molecule has 0 aliphatic heterocycles. The first kappa shape index (κ1) is 11.6. The first-order valence-electron chi connectivity index (χ1n) is 6.07. The summed E-state index contributed by atoms with van der Waals surface area (Å²) in [5, 5.41) is 14.7. The quantitative estimate of drug-likeness (QED) is 0.828. The van der Waals surface area contributed by atoms with Crippen LogP contribution in [0.15, 0.2) is 6.33 Å². The molecule has 1 heterocycles. The third-order valence-electron chi connectivity index (χ3n) is 3.93. The van der Waals surface area contributed by atoms with Crippen LogP contribution < -0.4 is 0 Å². The van der Waals surface area contributed by atoms with Crippen LogP contribution in [0, 0.1) is 5.41 Å². The number of aryl methyl sites for hydroxylation is 1. The Morgan fingerprint density at radius 1 is 1.56 bits per heavy atom. The second-order valence-electron chi connectivity index (χ2n) is 5.41. The predicted octanol–water partition coefficient (Wildman–Crippen LogP) is 1.78. The van der Waals surface area contributed by atoms with E-state index in [0.29, 0.717) is 6.42 Å². The van der Waals surface area contributed by atoms with Crippen LogP contribution in [0.1, 0.15) is 45.9 Å². The first-order valence-corrected chi connectivity index (χ1v) is 6.07. The van der Waals surface area contributed by atoms with Crippen LogP contribution in [0.5, 0.6) is 0 Å². The van der Waals surface area contributed by atoms with Gasteiger partial charge in [-0.15, -0.1) is 0 Å². The highest BCUT2D eigenvalue weighted by molar-refractivity contribution is 5.07. The second kappa shape index (κ2) is 3.84. The molecule has 1 atom stereocenters. The molecule has 1 aromatic heterocycles. The highest BCUT2D eigenvalue weighted by Crippen LogP contribution is 2.54. The van der Waals surface area contributed by atoms with E-state index < -0.39 is 5.60 Å². The van der Waals surface area contributed by atoms with Crippen molar-refractivity contribution in [3.63, 3.8) is 0 Å². The summed E-state index contributed by atoms with van der Waals surface area (Å²) in [4.78, 5) is 4.25. The molecular weight excluding hydrogens is 202 g/mol. The Morgan fingerprint density at radius 2 is 2.25 bits per heavy atom. The minimum atomic E-state index is -0.661. The lowest BCUT2D eigenvalue weighted by atomic mass is 9.84. The van der Waals surface area contributed by atoms with Crippen LogP contribution in [-0.4, -0.2) is 25.5 Å². The molecule has 4 heteroatoms. The van der Waals surface area contributed by atoms with Crippen molar-refractivity contribution in [3.8, 4) is 0 Å². The molecule has 4 nitrogen and oxygen atoms in total. The first-order chi connectivity index (χ1) is 7.48. The summed E-state index contributed by atoms with van der Waals surface area (Å²) >= 11 is 0. The van der Waals surface area contributed by atoms with E-state index in [1.54, 1.807) is 6.33 Å². The molecule has 16 heavy (non-hydrogen) atoms. The minimum Gasteiger partial charge on any atom is -0.389 e. The Kier molecular flexibility index (Phi) is 2.78. The van der Waals surface area contributed by atoms with Crippen LogP contribution in [0.3, 0.4) is 0 Å². The van der Waals surface area contributed by atoms with Gasteiger partial charge < -0.3 is 5.11 Å². The Bertz CT molecular complexity index is 366. The molecular formula is C12H21N3O. The normalized spacial score (nSPS) is 21.8. The van der Waals surface area contributed by atoms with E-state index in [4.69, 9.17) is 0 Å². The van der Waals surface area contributed by atoms with E-state index in [0.717, 1.165) is 31.6 Å². The van der Waals surface area contributed by atoms with Crippen LogP contribution >= 0.6 is 0 Å². The molecule has 1 aliphatic rings. The smallest absolute Gasteiger partial charge is 0.138 e. The summed E-state index contributed by atoms with van der Waals surface area (Å²) in [7, 11) is 0. The topological polar surface area (TPSA) is 50.9 Å². The molecule has 1 N–H and O–H groups in total. The lowest BCUT2D eigenvalue weighted by Gasteiger charge is -2.30. The Labute approximate surface area is 96.7 Å². The van der Waals surface area contributed by atoms with Crippen molar-refractivity contribution in [2.75, 3.05) is 0 Å². The molecule has 0 saturated heterocycles. The Hall–Kier alpha value is -0.900. The highest BCUT2D eigenvalue weighted by atomic mass is 16.3. The average molecular weight is 223 g/mol. The maximum absolute atomic E-state index is 10.5. The molecule has 1 saturated carbocycles. The molecule has 1 unspecified atom stereocenters. The van der Waals surface area contributed by atoms with Crippen molar-refractivity contribution >= 4 is 0 Å². The zero-order valence-corrected chi connectivity index (χ0v) is 10.4. The van der Waals surface area contributed by atoms with Gasteiger partial charge in [0.05, 0.1) is 5.60 Å². The molecule has 1 aromatic rings. The van der Waals surface area contributed by atoms with Gasteiger partial charge in [-0.2, -0.15) is 5.10 Å². The summed E-state index contributed by atoms with van der Waals surface area (Å²) in [6.07, 6.45) is 5.44. The predicted molar refractivity (Wildman–Crippen MR) is 62.0 cm³/mol. The van der Waals surface area contributed by atoms with Crippen molar-refractivity contribution in [1.82, 2.24) is 14.8 Å². The van der Waals surface area contributed by atoms with Gasteiger partial charge in [0.1, 0.15) is 12.2 Å². The van der Waals surface area contributed by atoms with Crippen molar-refractivity contribution < 1.29 is 5.11 Å². The number of rotatable bonds is 5. The SMILES string of the molecule is CCCn1ncnc1CC(C)(O)C1(C)CC1. The van der Waals surface area contributed by atoms with Gasteiger partial charge in [0.15, 0.2) is 0 Å². The Morgan fingerprint density at radius 3 is 2.81 bits per heavy atom. The number of hydrogen-bond donors (Lipinski definition) is 1. The van der Waals surface area contributed by atoms with Gasteiger partial charge >= 0.3 is 0 Å². The van der Waals surface area contributed by atoms with Gasteiger partial charge in [0.2, 0.25) is 0 Å². The van der Waals surface area contributed by atoms with Crippen molar-refractivity contribution in [1.29, 1.82) is 0 Å². The number of nitrogens with zero attached hydrogens (tertiary/aromatic N) is 3. The Balaban J connectivity index is 2.11. The maximum Gasteiger partial charge on any atom is 0.138 e. The number of aromatic nitrogens is 3. The molecule has 0 radical (unpaired) electrons. The van der Waals surface area contributed by atoms with Crippen LogP contribution in [0.4, 0.5) is 0 Å². The fraction of sp³-hybridized carbons (Fsp3) is 0.833. The number of hydrogen-bond acceptors (Lipinski definition) is 3. The van der Waals surface area contributed by atoms with Crippen LogP contribution in [-0.2, 0) is 13.0 Å². The summed E-state index contributed by atoms with van der Waals surface area (Å²) in [6, 6.07) is 0. The van der Waals surface area contributed by atoms with E-state index >= 15 is 0 Å². The molecule has 0 amide bonds. The molecule has 0 bridgehead atoms. The van der Waals surface area contributed by atoms with Gasteiger partial charge in [0, 0.05) is 13.0 Å². The zero-order chi connectivity index (χ0) is 11.8. The third kappa shape index (κ3) is 1.98. The summed E-state index contributed by atoms with van der Waals surface area (Å²) in [5.41, 5.74) is -0.582. The molecule has 0 aromatic carbocycles. The minimum absolute atomic E-state index is 0.0794. The van der Waals surface area contributed by atoms with Gasteiger partial charge in [-0.25, -0.2) is 4.98 Å². The summed E-state index contributed by atoms with van der Waals surface area (Å²) in [6.45, 7) is 7.06. The lowest BCUT2D eigenvalue weighted by molar-refractivity contribution is -0.00959. The molecule has 90 valence electrons. The zero-order valence-electron chi connectivity index (χ0n) is 10.4. The van der Waals surface area contributed by atoms with Crippen LogP contribution in [0.25, 0.3) is 0 Å². The molecule has 1 fully saturated rings. The van der Waals surface area contributed by atoms with Gasteiger partial charge in [0.25, 0.3) is 0 Å². The standard InChI is InChI=1S/C12H21N3O/c1-4-7-15-10(13-9-14-15)8-12(3,16)11(2)5-6-11/h9,16H,4-8H2,1-3H3. The largest absolute Gasteiger partial charge is 0.389 e. The average Bonchev–Trinajstić information content (AvgIpc) is 2.83.